The molecule has 0 aliphatic heterocycles. The first kappa shape index (κ1) is 29.3. The number of carbonyl (C=O) groups excluding carboxylic acids is 1. The van der Waals surface area contributed by atoms with Crippen LogP contribution >= 0.6 is 12.2 Å². The van der Waals surface area contributed by atoms with E-state index in [2.05, 4.69) is 50.9 Å². The number of ether oxygens (including phenoxy) is 1. The molecule has 0 aliphatic rings. The van der Waals surface area contributed by atoms with Gasteiger partial charge in [0.2, 0.25) is 0 Å². The Morgan fingerprint density at radius 2 is 1.68 bits per heavy atom. The van der Waals surface area contributed by atoms with Crippen LogP contribution in [0, 0.1) is 6.92 Å². The average Bonchev–Trinajstić information content (AvgIpc) is 3.28. The highest BCUT2D eigenvalue weighted by molar-refractivity contribution is 7.80. The van der Waals surface area contributed by atoms with Gasteiger partial charge in [0.25, 0.3) is 5.91 Å². The summed E-state index contributed by atoms with van der Waals surface area (Å²) in [5.74, 6) is -0.559. The summed E-state index contributed by atoms with van der Waals surface area (Å²) in [5, 5.41) is 14.9. The highest BCUT2D eigenvalue weighted by Gasteiger charge is 2.31. The first-order chi connectivity index (χ1) is 19.5. The molecule has 0 aliphatic carbocycles. The number of aromatic nitrogens is 2. The van der Waals surface area contributed by atoms with Crippen LogP contribution in [-0.2, 0) is 0 Å². The number of anilines is 2. The second-order valence-electron chi connectivity index (χ2n) is 9.26. The van der Waals surface area contributed by atoms with Crippen LogP contribution in [0.15, 0.2) is 84.1 Å². The van der Waals surface area contributed by atoms with E-state index in [1.54, 1.807) is 24.0 Å². The lowest BCUT2D eigenvalue weighted by atomic mass is 10.0. The zero-order valence-corrected chi connectivity index (χ0v) is 23.2. The lowest BCUT2D eigenvalue weighted by molar-refractivity contribution is -0.274. The lowest BCUT2D eigenvalue weighted by Gasteiger charge is -2.14. The third-order valence-electron chi connectivity index (χ3n) is 5.87. The van der Waals surface area contributed by atoms with E-state index in [0.29, 0.717) is 22.4 Å². The molecule has 4 aromatic rings. The lowest BCUT2D eigenvalue weighted by Crippen LogP contribution is -2.24. The van der Waals surface area contributed by atoms with Crippen LogP contribution < -0.4 is 20.8 Å². The fraction of sp³-hybridized carbons (Fsp3) is 0.172. The number of rotatable bonds is 8. The maximum Gasteiger partial charge on any atom is 0.573 e. The molecule has 3 aromatic carbocycles. The number of nitrogens with one attached hydrogen (secondary N) is 3. The molecule has 8 nitrogen and oxygen atoms in total. The van der Waals surface area contributed by atoms with E-state index in [9.17, 15) is 18.0 Å². The maximum absolute atomic E-state index is 12.6. The number of alkyl halides is 3. The van der Waals surface area contributed by atoms with Crippen molar-refractivity contribution in [3.63, 3.8) is 0 Å². The summed E-state index contributed by atoms with van der Waals surface area (Å²) in [6, 6.07) is 20.0. The molecule has 41 heavy (non-hydrogen) atoms. The number of hydrazone groups is 1. The van der Waals surface area contributed by atoms with E-state index in [0.717, 1.165) is 34.6 Å². The molecule has 0 fully saturated rings. The molecule has 212 valence electrons. The predicted octanol–water partition coefficient (Wildman–Crippen LogP) is 6.78. The minimum Gasteiger partial charge on any atom is -0.406 e. The molecule has 4 rings (SSSR count). The smallest absolute Gasteiger partial charge is 0.406 e. The highest BCUT2D eigenvalue weighted by Crippen LogP contribution is 2.25. The summed E-state index contributed by atoms with van der Waals surface area (Å²) in [6.45, 7) is 5.96. The number of halogens is 3. The first-order valence-electron chi connectivity index (χ1n) is 12.5. The molecule has 1 heterocycles. The molecule has 12 heteroatoms. The van der Waals surface area contributed by atoms with Gasteiger partial charge in [0.1, 0.15) is 5.75 Å². The van der Waals surface area contributed by atoms with Crippen molar-refractivity contribution in [2.45, 2.75) is 33.1 Å². The van der Waals surface area contributed by atoms with Gasteiger partial charge in [-0.2, -0.15) is 10.2 Å². The van der Waals surface area contributed by atoms with Crippen molar-refractivity contribution >= 4 is 40.8 Å². The number of nitrogens with zero attached hydrogens (tertiary/aromatic N) is 3. The fourth-order valence-electron chi connectivity index (χ4n) is 3.86. The minimum atomic E-state index is -4.80. The number of para-hydroxylation sites is 1. The molecule has 0 radical (unpaired) electrons. The van der Waals surface area contributed by atoms with E-state index >= 15 is 0 Å². The van der Waals surface area contributed by atoms with Crippen LogP contribution in [-0.4, -0.2) is 33.4 Å². The SMILES string of the molecule is Cc1nn(-c2ccc(/C=N/NC(=S)Nc3ccccc3C(C)C)cc2)cc1NC(=O)c1ccc(OC(F)(F)F)cc1. The van der Waals surface area contributed by atoms with Crippen molar-refractivity contribution in [2.75, 3.05) is 10.6 Å². The summed E-state index contributed by atoms with van der Waals surface area (Å²) >= 11 is 5.36. The Morgan fingerprint density at radius 1 is 1.00 bits per heavy atom. The normalized spacial score (nSPS) is 11.5. The van der Waals surface area contributed by atoms with Gasteiger partial charge < -0.3 is 15.4 Å². The van der Waals surface area contributed by atoms with Crippen LogP contribution in [0.3, 0.4) is 0 Å². The highest BCUT2D eigenvalue weighted by atomic mass is 32.1. The number of hydrogen-bond donors (Lipinski definition) is 3. The van der Waals surface area contributed by atoms with Crippen molar-refractivity contribution in [3.05, 3.63) is 101 Å². The molecule has 1 aromatic heterocycles. The monoisotopic (exact) mass is 580 g/mol. The van der Waals surface area contributed by atoms with E-state index in [1.807, 2.05) is 42.5 Å². The Hall–Kier alpha value is -4.71. The molecule has 0 saturated carbocycles. The molecule has 0 bridgehead atoms. The van der Waals surface area contributed by atoms with Crippen LogP contribution in [0.25, 0.3) is 5.69 Å². The van der Waals surface area contributed by atoms with Crippen molar-refractivity contribution in [1.82, 2.24) is 15.2 Å². The molecular weight excluding hydrogens is 553 g/mol. The van der Waals surface area contributed by atoms with Gasteiger partial charge in [0.15, 0.2) is 5.11 Å². The van der Waals surface area contributed by atoms with Gasteiger partial charge in [-0.25, -0.2) is 4.68 Å². The van der Waals surface area contributed by atoms with E-state index in [4.69, 9.17) is 12.2 Å². The summed E-state index contributed by atoms with van der Waals surface area (Å²) in [4.78, 5) is 12.6. The second-order valence-corrected chi connectivity index (χ2v) is 9.66. The van der Waals surface area contributed by atoms with E-state index in [-0.39, 0.29) is 5.56 Å². The molecule has 0 unspecified atom stereocenters. The maximum atomic E-state index is 12.6. The molecule has 0 atom stereocenters. The number of carbonyl (C=O) groups is 1. The van der Waals surface area contributed by atoms with Crippen molar-refractivity contribution < 1.29 is 22.7 Å². The number of thiocarbonyl (C=S) groups is 1. The van der Waals surface area contributed by atoms with Gasteiger partial charge in [-0.3, -0.25) is 10.2 Å². The average molecular weight is 581 g/mol. The van der Waals surface area contributed by atoms with Crippen molar-refractivity contribution in [2.24, 2.45) is 5.10 Å². The zero-order chi connectivity index (χ0) is 29.6. The van der Waals surface area contributed by atoms with Crippen molar-refractivity contribution in [1.29, 1.82) is 0 Å². The third kappa shape index (κ3) is 8.15. The first-order valence-corrected chi connectivity index (χ1v) is 12.9. The van der Waals surface area contributed by atoms with Gasteiger partial charge in [0.05, 0.1) is 29.5 Å². The molecule has 0 spiro atoms. The van der Waals surface area contributed by atoms with E-state index < -0.39 is 18.0 Å². The van der Waals surface area contributed by atoms with Gasteiger partial charge in [0, 0.05) is 11.3 Å². The molecule has 3 N–H and O–H groups in total. The zero-order valence-electron chi connectivity index (χ0n) is 22.4. The number of amides is 1. The number of aryl methyl sites for hydroxylation is 1. The Labute approximate surface area is 240 Å². The van der Waals surface area contributed by atoms with E-state index in [1.165, 1.54) is 12.1 Å². The summed E-state index contributed by atoms with van der Waals surface area (Å²) in [7, 11) is 0. The largest absolute Gasteiger partial charge is 0.573 e. The second kappa shape index (κ2) is 12.6. The Kier molecular flexibility index (Phi) is 9.03. The fourth-order valence-corrected chi connectivity index (χ4v) is 4.02. The van der Waals surface area contributed by atoms with Crippen LogP contribution in [0.1, 0.15) is 46.9 Å². The number of hydrogen-bond acceptors (Lipinski definition) is 5. The van der Waals surface area contributed by atoms with Crippen LogP contribution in [0.2, 0.25) is 0 Å². The Balaban J connectivity index is 1.34. The third-order valence-corrected chi connectivity index (χ3v) is 6.06. The minimum absolute atomic E-state index is 0.169. The van der Waals surface area contributed by atoms with Crippen molar-refractivity contribution in [3.8, 4) is 11.4 Å². The topological polar surface area (TPSA) is 92.6 Å². The van der Waals surface area contributed by atoms with Gasteiger partial charge >= 0.3 is 6.36 Å². The number of benzene rings is 3. The van der Waals surface area contributed by atoms with Gasteiger partial charge in [-0.05, 0) is 78.7 Å². The predicted molar refractivity (Wildman–Crippen MR) is 157 cm³/mol. The Morgan fingerprint density at radius 3 is 2.34 bits per heavy atom. The molecular formula is C29H27F3N6O2S. The van der Waals surface area contributed by atoms with Gasteiger partial charge in [-0.1, -0.05) is 44.2 Å². The summed E-state index contributed by atoms with van der Waals surface area (Å²) < 4.78 is 42.5. The summed E-state index contributed by atoms with van der Waals surface area (Å²) in [6.07, 6.45) is -1.52. The van der Waals surface area contributed by atoms with Crippen LogP contribution in [0.5, 0.6) is 5.75 Å². The molecule has 0 saturated heterocycles. The Bertz CT molecular complexity index is 1550. The van der Waals surface area contributed by atoms with Gasteiger partial charge in [-0.15, -0.1) is 13.2 Å². The summed E-state index contributed by atoms with van der Waals surface area (Å²) in [5.41, 5.74) is 7.66. The molecule has 1 amide bonds. The quantitative estimate of drug-likeness (QED) is 0.121. The van der Waals surface area contributed by atoms with Crippen LogP contribution in [0.4, 0.5) is 24.5 Å². The standard InChI is InChI=1S/C29H27F3N6O2S/c1-18(2)24-6-4-5-7-25(24)35-28(41)36-33-16-20-8-12-22(13-9-20)38-17-26(19(3)37-38)34-27(39)21-10-14-23(15-11-21)40-29(30,31)32/h4-18H,1-3H3,(H,34,39)(H2,35,36,41)/b33-16+.